The second-order valence-corrected chi connectivity index (χ2v) is 11.0. The lowest BCUT2D eigenvalue weighted by Crippen LogP contribution is -2.42. The maximum absolute atomic E-state index is 13.4. The normalized spacial score (nSPS) is 17.0. The molecule has 0 unspecified atom stereocenters. The van der Waals surface area contributed by atoms with Gasteiger partial charge in [0.15, 0.2) is 9.84 Å². The third-order valence-corrected chi connectivity index (χ3v) is 7.82. The molecule has 0 aromatic heterocycles. The minimum Gasteiger partial charge on any atom is -0.342 e. The maximum atomic E-state index is 13.4. The van der Waals surface area contributed by atoms with Crippen LogP contribution < -0.4 is 0 Å². The molecule has 0 atom stereocenters. The molecular formula is C19H25F4NO3S. The molecule has 0 aliphatic carbocycles. The predicted molar refractivity (Wildman–Crippen MR) is 97.9 cm³/mol. The Labute approximate surface area is 162 Å². The van der Waals surface area contributed by atoms with E-state index in [1.165, 1.54) is 11.0 Å². The van der Waals surface area contributed by atoms with Crippen molar-refractivity contribution in [1.29, 1.82) is 0 Å². The van der Waals surface area contributed by atoms with Gasteiger partial charge in [0.1, 0.15) is 5.82 Å². The topological polar surface area (TPSA) is 54.5 Å². The van der Waals surface area contributed by atoms with Gasteiger partial charge in [-0.2, -0.15) is 13.2 Å². The molecule has 1 saturated heterocycles. The average molecular weight is 423 g/mol. The van der Waals surface area contributed by atoms with E-state index in [0.717, 1.165) is 6.07 Å². The van der Waals surface area contributed by atoms with Gasteiger partial charge in [-0.25, -0.2) is 12.8 Å². The molecule has 9 heteroatoms. The molecule has 0 saturated carbocycles. The first-order chi connectivity index (χ1) is 12.7. The summed E-state index contributed by atoms with van der Waals surface area (Å²) in [6.07, 6.45) is -4.02. The van der Waals surface area contributed by atoms with Gasteiger partial charge in [0.25, 0.3) is 0 Å². The van der Waals surface area contributed by atoms with E-state index < -0.39 is 32.1 Å². The van der Waals surface area contributed by atoms with Crippen molar-refractivity contribution < 1.29 is 30.8 Å². The van der Waals surface area contributed by atoms with Crippen LogP contribution in [0.4, 0.5) is 17.6 Å². The Morgan fingerprint density at radius 3 is 2.21 bits per heavy atom. The van der Waals surface area contributed by atoms with Gasteiger partial charge in [0.05, 0.1) is 22.5 Å². The number of halogens is 4. The zero-order valence-corrected chi connectivity index (χ0v) is 17.0. The Balaban J connectivity index is 1.96. The van der Waals surface area contributed by atoms with E-state index in [1.807, 2.05) is 0 Å². The van der Waals surface area contributed by atoms with E-state index in [4.69, 9.17) is 0 Å². The summed E-state index contributed by atoms with van der Waals surface area (Å²) in [5, 5.41) is 0. The summed E-state index contributed by atoms with van der Waals surface area (Å²) in [6.45, 7) is 5.67. The molecule has 1 aromatic rings. The number of carbonyl (C=O) groups is 1. The van der Waals surface area contributed by atoms with Crippen LogP contribution in [0.2, 0.25) is 0 Å². The number of amides is 1. The number of sulfone groups is 1. The number of benzene rings is 1. The fourth-order valence-electron chi connectivity index (χ4n) is 3.10. The van der Waals surface area contributed by atoms with E-state index in [2.05, 4.69) is 0 Å². The summed E-state index contributed by atoms with van der Waals surface area (Å²) in [4.78, 5) is 13.9. The number of alkyl halides is 3. The van der Waals surface area contributed by atoms with Crippen LogP contribution >= 0.6 is 0 Å². The third kappa shape index (κ3) is 5.46. The fraction of sp³-hybridized carbons (Fsp3) is 0.632. The van der Waals surface area contributed by atoms with Crippen LogP contribution in [0.3, 0.4) is 0 Å². The minimum atomic E-state index is -4.82. The highest BCUT2D eigenvalue weighted by atomic mass is 32.2. The molecule has 1 amide bonds. The molecule has 1 heterocycles. The van der Waals surface area contributed by atoms with Crippen LogP contribution in [-0.2, 0) is 27.2 Å². The molecule has 0 radical (unpaired) electrons. The molecule has 0 bridgehead atoms. The fourth-order valence-corrected chi connectivity index (χ4v) is 4.55. The summed E-state index contributed by atoms with van der Waals surface area (Å²) < 4.78 is 75.5. The minimum absolute atomic E-state index is 0.0454. The zero-order valence-electron chi connectivity index (χ0n) is 16.1. The van der Waals surface area contributed by atoms with Gasteiger partial charge in [-0.15, -0.1) is 0 Å². The van der Waals surface area contributed by atoms with Crippen molar-refractivity contribution >= 4 is 15.7 Å². The van der Waals surface area contributed by atoms with E-state index >= 15 is 0 Å². The Morgan fingerprint density at radius 2 is 1.71 bits per heavy atom. The van der Waals surface area contributed by atoms with Gasteiger partial charge in [0, 0.05) is 13.1 Å². The van der Waals surface area contributed by atoms with E-state index in [1.54, 1.807) is 20.8 Å². The zero-order chi connectivity index (χ0) is 21.3. The van der Waals surface area contributed by atoms with Gasteiger partial charge >= 0.3 is 6.18 Å². The van der Waals surface area contributed by atoms with Crippen LogP contribution in [0.5, 0.6) is 0 Å². The number of carbonyl (C=O) groups excluding carboxylic acids is 1. The summed E-state index contributed by atoms with van der Waals surface area (Å²) in [5.74, 6) is -1.71. The molecule has 28 heavy (non-hydrogen) atoms. The predicted octanol–water partition coefficient (Wildman–Crippen LogP) is 3.84. The van der Waals surface area contributed by atoms with E-state index in [-0.39, 0.29) is 29.6 Å². The van der Waals surface area contributed by atoms with Crippen molar-refractivity contribution in [3.05, 3.63) is 35.1 Å². The smallest absolute Gasteiger partial charge is 0.342 e. The Morgan fingerprint density at radius 1 is 1.14 bits per heavy atom. The molecule has 1 fully saturated rings. The van der Waals surface area contributed by atoms with Crippen molar-refractivity contribution in [2.45, 2.75) is 51.0 Å². The molecular weight excluding hydrogens is 398 g/mol. The lowest BCUT2D eigenvalue weighted by Gasteiger charge is -2.33. The molecule has 1 aromatic carbocycles. The molecule has 158 valence electrons. The summed E-state index contributed by atoms with van der Waals surface area (Å²) in [6, 6.07) is 2.55. The first-order valence-electron chi connectivity index (χ1n) is 9.06. The van der Waals surface area contributed by atoms with E-state index in [9.17, 15) is 30.8 Å². The summed E-state index contributed by atoms with van der Waals surface area (Å²) in [7, 11) is -3.25. The van der Waals surface area contributed by atoms with Gasteiger partial charge in [-0.1, -0.05) is 6.07 Å². The first-order valence-corrected chi connectivity index (χ1v) is 10.7. The SMILES string of the molecule is CC(C)(C)S(=O)(=O)CC1CCN(C(=O)Cc2ccc(F)c(C(F)(F)F)c2)CC1. The highest BCUT2D eigenvalue weighted by Crippen LogP contribution is 2.32. The van der Waals surface area contributed by atoms with Crippen molar-refractivity contribution in [2.24, 2.45) is 5.92 Å². The van der Waals surface area contributed by atoms with Gasteiger partial charge < -0.3 is 4.90 Å². The molecule has 0 spiro atoms. The molecule has 1 aliphatic heterocycles. The highest BCUT2D eigenvalue weighted by Gasteiger charge is 2.35. The van der Waals surface area contributed by atoms with Gasteiger partial charge in [-0.05, 0) is 57.2 Å². The molecule has 2 rings (SSSR count). The van der Waals surface area contributed by atoms with Crippen molar-refractivity contribution in [3.8, 4) is 0 Å². The van der Waals surface area contributed by atoms with Crippen molar-refractivity contribution in [1.82, 2.24) is 4.90 Å². The molecule has 4 nitrogen and oxygen atoms in total. The van der Waals surface area contributed by atoms with Crippen LogP contribution in [0, 0.1) is 11.7 Å². The van der Waals surface area contributed by atoms with Crippen molar-refractivity contribution in [3.63, 3.8) is 0 Å². The number of nitrogens with zero attached hydrogens (tertiary/aromatic N) is 1. The number of hydrogen-bond acceptors (Lipinski definition) is 3. The lowest BCUT2D eigenvalue weighted by atomic mass is 9.98. The standard InChI is InChI=1S/C19H25F4NO3S/c1-18(2,3)28(26,27)12-13-6-8-24(9-7-13)17(25)11-14-4-5-16(20)15(10-14)19(21,22)23/h4-5,10,13H,6-9,11-12H2,1-3H3. The number of hydrogen-bond donors (Lipinski definition) is 0. The van der Waals surface area contributed by atoms with Gasteiger partial charge in [0.2, 0.25) is 5.91 Å². The second-order valence-electron chi connectivity index (χ2n) is 8.21. The van der Waals surface area contributed by atoms with Crippen LogP contribution in [0.15, 0.2) is 18.2 Å². The highest BCUT2D eigenvalue weighted by molar-refractivity contribution is 7.92. The van der Waals surface area contributed by atoms with E-state index in [0.29, 0.717) is 32.0 Å². The third-order valence-electron chi connectivity index (χ3n) is 5.05. The quantitative estimate of drug-likeness (QED) is 0.692. The van der Waals surface area contributed by atoms with Crippen LogP contribution in [0.25, 0.3) is 0 Å². The van der Waals surface area contributed by atoms with Gasteiger partial charge in [-0.3, -0.25) is 4.79 Å². The number of piperidine rings is 1. The monoisotopic (exact) mass is 423 g/mol. The maximum Gasteiger partial charge on any atom is 0.419 e. The first kappa shape index (κ1) is 22.6. The van der Waals surface area contributed by atoms with Crippen LogP contribution in [0.1, 0.15) is 44.7 Å². The number of rotatable bonds is 4. The second kappa shape index (κ2) is 8.00. The van der Waals surface area contributed by atoms with Crippen LogP contribution in [-0.4, -0.2) is 42.8 Å². The average Bonchev–Trinajstić information content (AvgIpc) is 2.54. The summed E-state index contributed by atoms with van der Waals surface area (Å²) in [5.41, 5.74) is -1.29. The number of likely N-dealkylation sites (tertiary alicyclic amines) is 1. The molecule has 1 aliphatic rings. The lowest BCUT2D eigenvalue weighted by molar-refractivity contribution is -0.140. The Bertz CT molecular complexity index is 821. The largest absolute Gasteiger partial charge is 0.419 e. The Hall–Kier alpha value is -1.64. The Kier molecular flexibility index (Phi) is 6.47. The molecule has 0 N–H and O–H groups in total. The van der Waals surface area contributed by atoms with Crippen molar-refractivity contribution in [2.75, 3.05) is 18.8 Å². The summed E-state index contributed by atoms with van der Waals surface area (Å²) >= 11 is 0.